The van der Waals surface area contributed by atoms with E-state index in [1.165, 1.54) is 4.90 Å². The molecule has 6 nitrogen and oxygen atoms in total. The van der Waals surface area contributed by atoms with Crippen molar-refractivity contribution in [3.05, 3.63) is 0 Å². The van der Waals surface area contributed by atoms with Crippen LogP contribution in [-0.4, -0.2) is 53.4 Å². The standard InChI is InChI=1S/C11H22N2O4/c1-3-13(7-8-14)11(17)12-6-4-5-9(2)10(15)16/h9,14H,3-8H2,1-2H3,(H,12,17)(H,15,16). The first kappa shape index (κ1) is 15.7. The predicted molar refractivity (Wildman–Crippen MR) is 63.8 cm³/mol. The average molecular weight is 246 g/mol. The van der Waals surface area contributed by atoms with Crippen LogP contribution in [0.15, 0.2) is 0 Å². The number of nitrogens with zero attached hydrogens (tertiary/aromatic N) is 1. The Morgan fingerprint density at radius 3 is 2.53 bits per heavy atom. The molecule has 0 aliphatic heterocycles. The molecule has 0 rings (SSSR count). The van der Waals surface area contributed by atoms with Gasteiger partial charge in [0.05, 0.1) is 12.5 Å². The van der Waals surface area contributed by atoms with Crippen LogP contribution in [0.2, 0.25) is 0 Å². The third kappa shape index (κ3) is 6.78. The molecule has 6 heteroatoms. The van der Waals surface area contributed by atoms with Crippen molar-refractivity contribution in [3.63, 3.8) is 0 Å². The van der Waals surface area contributed by atoms with E-state index in [0.29, 0.717) is 32.5 Å². The van der Waals surface area contributed by atoms with E-state index in [1.807, 2.05) is 6.92 Å². The second-order valence-electron chi connectivity index (χ2n) is 3.92. The van der Waals surface area contributed by atoms with E-state index in [2.05, 4.69) is 5.32 Å². The first-order chi connectivity index (χ1) is 8.02. The number of aliphatic hydroxyl groups is 1. The summed E-state index contributed by atoms with van der Waals surface area (Å²) in [7, 11) is 0. The van der Waals surface area contributed by atoms with Gasteiger partial charge in [0.25, 0.3) is 0 Å². The Labute approximate surface area is 102 Å². The van der Waals surface area contributed by atoms with Gasteiger partial charge in [-0.05, 0) is 19.8 Å². The van der Waals surface area contributed by atoms with Crippen molar-refractivity contribution in [1.29, 1.82) is 0 Å². The van der Waals surface area contributed by atoms with Crippen LogP contribution in [0.5, 0.6) is 0 Å². The van der Waals surface area contributed by atoms with Crippen LogP contribution in [0.4, 0.5) is 4.79 Å². The number of carboxylic acids is 1. The van der Waals surface area contributed by atoms with Gasteiger partial charge in [0.2, 0.25) is 0 Å². The predicted octanol–water partition coefficient (Wildman–Crippen LogP) is 0.511. The lowest BCUT2D eigenvalue weighted by molar-refractivity contribution is -0.141. The summed E-state index contributed by atoms with van der Waals surface area (Å²) in [4.78, 5) is 23.6. The summed E-state index contributed by atoms with van der Waals surface area (Å²) < 4.78 is 0. The minimum atomic E-state index is -0.813. The minimum absolute atomic E-state index is 0.0582. The van der Waals surface area contributed by atoms with Gasteiger partial charge in [0.1, 0.15) is 0 Å². The molecule has 0 aromatic rings. The van der Waals surface area contributed by atoms with Crippen LogP contribution >= 0.6 is 0 Å². The molecule has 0 aliphatic rings. The van der Waals surface area contributed by atoms with Crippen molar-refractivity contribution in [2.45, 2.75) is 26.7 Å². The fourth-order valence-electron chi connectivity index (χ4n) is 1.36. The Kier molecular flexibility index (Phi) is 8.13. The van der Waals surface area contributed by atoms with Gasteiger partial charge in [-0.2, -0.15) is 0 Å². The number of rotatable bonds is 8. The molecule has 0 radical (unpaired) electrons. The SMILES string of the molecule is CCN(CCO)C(=O)NCCCC(C)C(=O)O. The topological polar surface area (TPSA) is 89.9 Å². The molecule has 0 saturated carbocycles. The number of carboxylic acid groups (broad SMARTS) is 1. The first-order valence-corrected chi connectivity index (χ1v) is 5.89. The molecule has 0 saturated heterocycles. The Hall–Kier alpha value is -1.30. The average Bonchev–Trinajstić information content (AvgIpc) is 2.30. The van der Waals surface area contributed by atoms with Crippen LogP contribution in [0.1, 0.15) is 26.7 Å². The second kappa shape index (κ2) is 8.81. The molecule has 1 unspecified atom stereocenters. The number of carbonyl (C=O) groups excluding carboxylic acids is 1. The highest BCUT2D eigenvalue weighted by Gasteiger charge is 2.12. The highest BCUT2D eigenvalue weighted by atomic mass is 16.4. The number of urea groups is 1. The molecule has 1 atom stereocenters. The summed E-state index contributed by atoms with van der Waals surface area (Å²) in [5.74, 6) is -1.20. The quantitative estimate of drug-likeness (QED) is 0.544. The van der Waals surface area contributed by atoms with Crippen LogP contribution in [-0.2, 0) is 4.79 Å². The maximum atomic E-state index is 11.5. The van der Waals surface area contributed by atoms with Crippen molar-refractivity contribution in [2.24, 2.45) is 5.92 Å². The van der Waals surface area contributed by atoms with Crippen LogP contribution in [0, 0.1) is 5.92 Å². The summed E-state index contributed by atoms with van der Waals surface area (Å²) in [5, 5.41) is 20.1. The van der Waals surface area contributed by atoms with E-state index in [4.69, 9.17) is 10.2 Å². The van der Waals surface area contributed by atoms with Gasteiger partial charge in [-0.1, -0.05) is 6.92 Å². The number of amides is 2. The van der Waals surface area contributed by atoms with Crippen molar-refractivity contribution >= 4 is 12.0 Å². The Bertz CT molecular complexity index is 246. The minimum Gasteiger partial charge on any atom is -0.481 e. The monoisotopic (exact) mass is 246 g/mol. The van der Waals surface area contributed by atoms with Gasteiger partial charge in [0, 0.05) is 19.6 Å². The lowest BCUT2D eigenvalue weighted by Crippen LogP contribution is -2.41. The Balaban J connectivity index is 3.73. The maximum absolute atomic E-state index is 11.5. The number of carbonyl (C=O) groups is 2. The van der Waals surface area contributed by atoms with Gasteiger partial charge < -0.3 is 20.4 Å². The van der Waals surface area contributed by atoms with E-state index >= 15 is 0 Å². The molecule has 100 valence electrons. The zero-order chi connectivity index (χ0) is 13.3. The molecule has 0 aliphatic carbocycles. The van der Waals surface area contributed by atoms with Crippen molar-refractivity contribution in [2.75, 3.05) is 26.2 Å². The molecule has 2 amide bonds. The lowest BCUT2D eigenvalue weighted by Gasteiger charge is -2.20. The molecular formula is C11H22N2O4. The highest BCUT2D eigenvalue weighted by Crippen LogP contribution is 2.04. The van der Waals surface area contributed by atoms with Crippen molar-refractivity contribution in [3.8, 4) is 0 Å². The van der Waals surface area contributed by atoms with E-state index in [9.17, 15) is 9.59 Å². The summed E-state index contributed by atoms with van der Waals surface area (Å²) in [6.45, 7) is 4.73. The zero-order valence-electron chi connectivity index (χ0n) is 10.5. The van der Waals surface area contributed by atoms with E-state index in [-0.39, 0.29) is 18.6 Å². The molecule has 0 aromatic carbocycles. The summed E-state index contributed by atoms with van der Waals surface area (Å²) >= 11 is 0. The highest BCUT2D eigenvalue weighted by molar-refractivity contribution is 5.74. The number of hydrogen-bond donors (Lipinski definition) is 3. The van der Waals surface area contributed by atoms with Crippen LogP contribution < -0.4 is 5.32 Å². The molecular weight excluding hydrogens is 224 g/mol. The first-order valence-electron chi connectivity index (χ1n) is 5.89. The van der Waals surface area contributed by atoms with Crippen LogP contribution in [0.25, 0.3) is 0 Å². The molecule has 0 heterocycles. The summed E-state index contributed by atoms with van der Waals surface area (Å²) in [5.41, 5.74) is 0. The van der Waals surface area contributed by atoms with E-state index in [0.717, 1.165) is 0 Å². The molecule has 0 bridgehead atoms. The number of likely N-dealkylation sites (N-methyl/N-ethyl adjacent to an activating group) is 1. The summed E-state index contributed by atoms with van der Waals surface area (Å²) in [6, 6.07) is -0.218. The largest absolute Gasteiger partial charge is 0.481 e. The lowest BCUT2D eigenvalue weighted by atomic mass is 10.1. The molecule has 17 heavy (non-hydrogen) atoms. The number of nitrogens with one attached hydrogen (secondary N) is 1. The fraction of sp³-hybridized carbons (Fsp3) is 0.818. The second-order valence-corrected chi connectivity index (χ2v) is 3.92. The summed E-state index contributed by atoms with van der Waals surface area (Å²) in [6.07, 6.45) is 1.18. The molecule has 0 spiro atoms. The maximum Gasteiger partial charge on any atom is 0.317 e. The van der Waals surface area contributed by atoms with Gasteiger partial charge in [-0.3, -0.25) is 4.79 Å². The number of aliphatic hydroxyl groups excluding tert-OH is 1. The van der Waals surface area contributed by atoms with Crippen molar-refractivity contribution < 1.29 is 19.8 Å². The molecule has 3 N–H and O–H groups in total. The van der Waals surface area contributed by atoms with Gasteiger partial charge in [-0.25, -0.2) is 4.79 Å². The number of hydrogen-bond acceptors (Lipinski definition) is 3. The van der Waals surface area contributed by atoms with Gasteiger partial charge in [-0.15, -0.1) is 0 Å². The normalized spacial score (nSPS) is 11.9. The fourth-order valence-corrected chi connectivity index (χ4v) is 1.36. The Morgan fingerprint density at radius 2 is 2.06 bits per heavy atom. The third-order valence-corrected chi connectivity index (χ3v) is 2.55. The third-order valence-electron chi connectivity index (χ3n) is 2.55. The molecule has 0 aromatic heterocycles. The van der Waals surface area contributed by atoms with Crippen LogP contribution in [0.3, 0.4) is 0 Å². The van der Waals surface area contributed by atoms with Crippen molar-refractivity contribution in [1.82, 2.24) is 10.2 Å². The van der Waals surface area contributed by atoms with Gasteiger partial charge in [0.15, 0.2) is 0 Å². The smallest absolute Gasteiger partial charge is 0.317 e. The number of aliphatic carboxylic acids is 1. The zero-order valence-corrected chi connectivity index (χ0v) is 10.5. The molecule has 0 fully saturated rings. The van der Waals surface area contributed by atoms with E-state index < -0.39 is 5.97 Å². The van der Waals surface area contributed by atoms with E-state index in [1.54, 1.807) is 6.92 Å². The Morgan fingerprint density at radius 1 is 1.41 bits per heavy atom. The van der Waals surface area contributed by atoms with Gasteiger partial charge >= 0.3 is 12.0 Å².